The molecule has 2 rings (SSSR count). The van der Waals surface area contributed by atoms with Gasteiger partial charge in [0.15, 0.2) is 0 Å². The fourth-order valence-electron chi connectivity index (χ4n) is 2.24. The first-order chi connectivity index (χ1) is 8.70. The van der Waals surface area contributed by atoms with Crippen molar-refractivity contribution in [3.63, 3.8) is 0 Å². The predicted molar refractivity (Wildman–Crippen MR) is 71.9 cm³/mol. The molecule has 1 saturated heterocycles. The lowest BCUT2D eigenvalue weighted by molar-refractivity contribution is 0.0679. The Morgan fingerprint density at radius 3 is 3.17 bits per heavy atom. The average molecular weight is 267 g/mol. The van der Waals surface area contributed by atoms with Crippen LogP contribution in [0.2, 0.25) is 0 Å². The maximum absolute atomic E-state index is 12.2. The summed E-state index contributed by atoms with van der Waals surface area (Å²) < 4.78 is 0. The molecular weight excluding hydrogens is 250 g/mol. The van der Waals surface area contributed by atoms with E-state index in [1.165, 1.54) is 12.6 Å². The van der Waals surface area contributed by atoms with Crippen LogP contribution in [0.25, 0.3) is 0 Å². The summed E-state index contributed by atoms with van der Waals surface area (Å²) in [4.78, 5) is 31.3. The number of amides is 1. The van der Waals surface area contributed by atoms with Crippen LogP contribution in [-0.2, 0) is 0 Å². The molecule has 0 saturated carbocycles. The van der Waals surface area contributed by atoms with E-state index in [1.54, 1.807) is 0 Å². The molecule has 2 heterocycles. The number of aromatic amines is 1. The second-order valence-electron chi connectivity index (χ2n) is 4.51. The number of carbonyl (C=O) groups is 1. The van der Waals surface area contributed by atoms with Crippen LogP contribution >= 0.6 is 11.8 Å². The van der Waals surface area contributed by atoms with E-state index in [0.29, 0.717) is 11.6 Å². The van der Waals surface area contributed by atoms with Gasteiger partial charge >= 0.3 is 0 Å². The van der Waals surface area contributed by atoms with Crippen LogP contribution in [0.15, 0.2) is 17.2 Å². The van der Waals surface area contributed by atoms with Crippen molar-refractivity contribution in [1.82, 2.24) is 14.9 Å². The van der Waals surface area contributed by atoms with Gasteiger partial charge in [-0.25, -0.2) is 4.98 Å². The zero-order chi connectivity index (χ0) is 13.0. The fourth-order valence-corrected chi connectivity index (χ4v) is 2.99. The number of likely N-dealkylation sites (tertiary alicyclic amines) is 1. The van der Waals surface area contributed by atoms with Crippen molar-refractivity contribution in [1.29, 1.82) is 0 Å². The van der Waals surface area contributed by atoms with E-state index in [1.807, 2.05) is 16.7 Å². The van der Waals surface area contributed by atoms with Crippen LogP contribution in [0, 0.1) is 5.92 Å². The standard InChI is InChI=1S/C12H17N3O2S/c1-18-8-9-3-2-4-15(7-9)12(17)10-5-14-11(16)6-13-10/h5-6,9H,2-4,7-8H2,1H3,(H,14,16)/t9-/m0/s1. The first kappa shape index (κ1) is 13.1. The summed E-state index contributed by atoms with van der Waals surface area (Å²) in [7, 11) is 0. The third kappa shape index (κ3) is 3.13. The molecule has 1 N–H and O–H groups in total. The molecule has 0 unspecified atom stereocenters. The molecule has 98 valence electrons. The van der Waals surface area contributed by atoms with Crippen LogP contribution in [0.1, 0.15) is 23.3 Å². The van der Waals surface area contributed by atoms with Crippen LogP contribution in [-0.4, -0.2) is 45.9 Å². The van der Waals surface area contributed by atoms with Crippen molar-refractivity contribution in [3.05, 3.63) is 28.4 Å². The zero-order valence-corrected chi connectivity index (χ0v) is 11.2. The van der Waals surface area contributed by atoms with E-state index >= 15 is 0 Å². The molecule has 18 heavy (non-hydrogen) atoms. The Balaban J connectivity index is 2.04. The lowest BCUT2D eigenvalue weighted by Gasteiger charge is -2.32. The molecule has 0 radical (unpaired) electrons. The molecule has 1 aliphatic heterocycles. The summed E-state index contributed by atoms with van der Waals surface area (Å²) in [6, 6.07) is 0. The highest BCUT2D eigenvalue weighted by Gasteiger charge is 2.24. The van der Waals surface area contributed by atoms with Gasteiger partial charge in [-0.05, 0) is 30.8 Å². The van der Waals surface area contributed by atoms with Gasteiger partial charge in [-0.15, -0.1) is 0 Å². The normalized spacial score (nSPS) is 19.8. The van der Waals surface area contributed by atoms with E-state index in [4.69, 9.17) is 0 Å². The first-order valence-corrected chi connectivity index (χ1v) is 7.43. The summed E-state index contributed by atoms with van der Waals surface area (Å²) in [6.07, 6.45) is 6.85. The zero-order valence-electron chi connectivity index (χ0n) is 10.4. The third-order valence-electron chi connectivity index (χ3n) is 3.10. The highest BCUT2D eigenvalue weighted by atomic mass is 32.2. The number of nitrogens with one attached hydrogen (secondary N) is 1. The van der Waals surface area contributed by atoms with E-state index in [-0.39, 0.29) is 11.5 Å². The second kappa shape index (κ2) is 6.04. The van der Waals surface area contributed by atoms with Crippen molar-refractivity contribution in [3.8, 4) is 0 Å². The number of aromatic nitrogens is 2. The lowest BCUT2D eigenvalue weighted by Crippen LogP contribution is -2.41. The van der Waals surface area contributed by atoms with E-state index in [2.05, 4.69) is 16.2 Å². The van der Waals surface area contributed by atoms with E-state index in [0.717, 1.165) is 31.5 Å². The third-order valence-corrected chi connectivity index (χ3v) is 3.90. The number of carbonyl (C=O) groups excluding carboxylic acids is 1. The van der Waals surface area contributed by atoms with Crippen LogP contribution < -0.4 is 5.56 Å². The minimum absolute atomic E-state index is 0.0861. The van der Waals surface area contributed by atoms with Gasteiger partial charge in [-0.3, -0.25) is 9.59 Å². The van der Waals surface area contributed by atoms with Gasteiger partial charge in [0.05, 0.1) is 6.20 Å². The number of hydrogen-bond acceptors (Lipinski definition) is 4. The SMILES string of the molecule is CSC[C@H]1CCCN(C(=O)c2c[nH]c(=O)cn2)C1. The highest BCUT2D eigenvalue weighted by Crippen LogP contribution is 2.20. The van der Waals surface area contributed by atoms with Gasteiger partial charge in [0.25, 0.3) is 11.5 Å². The van der Waals surface area contributed by atoms with Gasteiger partial charge in [0.1, 0.15) is 5.69 Å². The number of rotatable bonds is 3. The Labute approximate surface area is 110 Å². The molecule has 1 amide bonds. The molecule has 1 aromatic rings. The number of piperidine rings is 1. The Morgan fingerprint density at radius 1 is 1.67 bits per heavy atom. The molecule has 0 aliphatic carbocycles. The van der Waals surface area contributed by atoms with Crippen molar-refractivity contribution < 1.29 is 4.79 Å². The van der Waals surface area contributed by atoms with Gasteiger partial charge in [0, 0.05) is 19.3 Å². The molecule has 0 bridgehead atoms. The van der Waals surface area contributed by atoms with E-state index < -0.39 is 0 Å². The Morgan fingerprint density at radius 2 is 2.50 bits per heavy atom. The molecule has 0 spiro atoms. The van der Waals surface area contributed by atoms with Gasteiger partial charge < -0.3 is 9.88 Å². The smallest absolute Gasteiger partial charge is 0.273 e. The number of hydrogen-bond donors (Lipinski definition) is 1. The number of thioether (sulfide) groups is 1. The monoisotopic (exact) mass is 267 g/mol. The summed E-state index contributed by atoms with van der Waals surface area (Å²) in [5, 5.41) is 0. The van der Waals surface area contributed by atoms with E-state index in [9.17, 15) is 9.59 Å². The molecule has 0 aromatic carbocycles. The summed E-state index contributed by atoms with van der Waals surface area (Å²) in [5.41, 5.74) is 0.0323. The maximum atomic E-state index is 12.2. The van der Waals surface area contributed by atoms with Crippen LogP contribution in [0.5, 0.6) is 0 Å². The maximum Gasteiger partial charge on any atom is 0.273 e. The van der Waals surface area contributed by atoms with Crippen LogP contribution in [0.3, 0.4) is 0 Å². The van der Waals surface area contributed by atoms with Crippen molar-refractivity contribution in [2.24, 2.45) is 5.92 Å². The predicted octanol–water partition coefficient (Wildman–Crippen LogP) is 0.985. The lowest BCUT2D eigenvalue weighted by atomic mass is 10.00. The number of H-pyrrole nitrogens is 1. The Bertz CT molecular complexity index is 452. The van der Waals surface area contributed by atoms with Crippen molar-refractivity contribution in [2.75, 3.05) is 25.1 Å². The molecule has 1 atom stereocenters. The molecule has 1 aliphatic rings. The Hall–Kier alpha value is -1.30. The highest BCUT2D eigenvalue weighted by molar-refractivity contribution is 7.98. The number of nitrogens with zero attached hydrogens (tertiary/aromatic N) is 2. The molecule has 5 nitrogen and oxygen atoms in total. The summed E-state index contributed by atoms with van der Waals surface area (Å²) in [5.74, 6) is 1.57. The largest absolute Gasteiger partial charge is 0.337 e. The summed E-state index contributed by atoms with van der Waals surface area (Å²) in [6.45, 7) is 1.57. The molecule has 1 fully saturated rings. The van der Waals surface area contributed by atoms with Crippen molar-refractivity contribution >= 4 is 17.7 Å². The molecule has 6 heteroatoms. The average Bonchev–Trinajstić information content (AvgIpc) is 2.39. The van der Waals surface area contributed by atoms with Crippen molar-refractivity contribution in [2.45, 2.75) is 12.8 Å². The minimum atomic E-state index is -0.287. The van der Waals surface area contributed by atoms with Gasteiger partial charge in [-0.2, -0.15) is 11.8 Å². The van der Waals surface area contributed by atoms with Crippen LogP contribution in [0.4, 0.5) is 0 Å². The second-order valence-corrected chi connectivity index (χ2v) is 5.42. The quantitative estimate of drug-likeness (QED) is 0.886. The topological polar surface area (TPSA) is 66.1 Å². The molecule has 1 aromatic heterocycles. The minimum Gasteiger partial charge on any atom is -0.337 e. The Kier molecular flexibility index (Phi) is 4.41. The molecular formula is C12H17N3O2S. The first-order valence-electron chi connectivity index (χ1n) is 6.03. The van der Waals surface area contributed by atoms with Gasteiger partial charge in [-0.1, -0.05) is 0 Å². The van der Waals surface area contributed by atoms with Gasteiger partial charge in [0.2, 0.25) is 0 Å². The fraction of sp³-hybridized carbons (Fsp3) is 0.583. The summed E-state index contributed by atoms with van der Waals surface area (Å²) >= 11 is 1.82.